The van der Waals surface area contributed by atoms with Crippen molar-refractivity contribution in [3.05, 3.63) is 33.3 Å². The molecule has 1 aromatic carbocycles. The van der Waals surface area contributed by atoms with Crippen molar-refractivity contribution in [1.82, 2.24) is 0 Å². The highest BCUT2D eigenvalue weighted by Crippen LogP contribution is 2.29. The van der Waals surface area contributed by atoms with Gasteiger partial charge in [-0.05, 0) is 25.5 Å². The number of carbonyl (C=O) groups is 1. The lowest BCUT2D eigenvalue weighted by Crippen LogP contribution is -2.05. The molecule has 0 bridgehead atoms. The van der Waals surface area contributed by atoms with Crippen LogP contribution in [-0.2, 0) is 4.74 Å². The molecular weight excluding hydrogens is 223 g/mol. The highest BCUT2D eigenvalue weighted by molar-refractivity contribution is 6.44. The Morgan fingerprint density at radius 2 is 2.00 bits per heavy atom. The van der Waals surface area contributed by atoms with Gasteiger partial charge < -0.3 is 4.74 Å². The van der Waals surface area contributed by atoms with E-state index in [0.29, 0.717) is 17.2 Å². The van der Waals surface area contributed by atoms with Crippen molar-refractivity contribution in [3.8, 4) is 0 Å². The Hall–Kier alpha value is -0.730. The summed E-state index contributed by atoms with van der Waals surface area (Å²) in [6, 6.07) is 3.35. The summed E-state index contributed by atoms with van der Waals surface area (Å²) in [7, 11) is 0. The molecule has 0 aliphatic rings. The number of carbonyl (C=O) groups excluding carboxylic acids is 1. The normalized spacial score (nSPS) is 10.0. The van der Waals surface area contributed by atoms with E-state index in [2.05, 4.69) is 0 Å². The fourth-order valence-corrected chi connectivity index (χ4v) is 1.47. The second-order valence-electron chi connectivity index (χ2n) is 2.78. The summed E-state index contributed by atoms with van der Waals surface area (Å²) in [4.78, 5) is 11.4. The Balaban J connectivity index is 3.11. The molecule has 0 saturated heterocycles. The summed E-state index contributed by atoms with van der Waals surface area (Å²) in [6.45, 7) is 3.88. The number of benzene rings is 1. The van der Waals surface area contributed by atoms with Gasteiger partial charge in [-0.25, -0.2) is 4.79 Å². The van der Waals surface area contributed by atoms with E-state index in [1.165, 1.54) is 0 Å². The van der Waals surface area contributed by atoms with Crippen molar-refractivity contribution in [2.24, 2.45) is 0 Å². The molecule has 0 saturated carbocycles. The number of hydrogen-bond acceptors (Lipinski definition) is 2. The third-order valence-electron chi connectivity index (χ3n) is 1.77. The molecule has 2 nitrogen and oxygen atoms in total. The lowest BCUT2D eigenvalue weighted by molar-refractivity contribution is 0.0526. The maximum absolute atomic E-state index is 11.4. The summed E-state index contributed by atoms with van der Waals surface area (Å²) in [6.07, 6.45) is 0. The molecule has 0 spiro atoms. The maximum atomic E-state index is 11.4. The van der Waals surface area contributed by atoms with Crippen LogP contribution in [0, 0.1) is 6.92 Å². The molecule has 0 aliphatic carbocycles. The molecule has 1 rings (SSSR count). The second-order valence-corrected chi connectivity index (χ2v) is 3.53. The van der Waals surface area contributed by atoms with E-state index in [9.17, 15) is 4.79 Å². The minimum Gasteiger partial charge on any atom is -0.462 e. The first kappa shape index (κ1) is 11.3. The van der Waals surface area contributed by atoms with E-state index >= 15 is 0 Å². The highest BCUT2D eigenvalue weighted by atomic mass is 35.5. The molecule has 0 unspecified atom stereocenters. The molecule has 0 amide bonds. The molecule has 14 heavy (non-hydrogen) atoms. The van der Waals surface area contributed by atoms with Gasteiger partial charge in [-0.2, -0.15) is 0 Å². The monoisotopic (exact) mass is 232 g/mol. The molecule has 0 radical (unpaired) electrons. The summed E-state index contributed by atoms with van der Waals surface area (Å²) in [5.41, 5.74) is 1.15. The Kier molecular flexibility index (Phi) is 3.78. The van der Waals surface area contributed by atoms with Gasteiger partial charge in [0.2, 0.25) is 0 Å². The predicted octanol–water partition coefficient (Wildman–Crippen LogP) is 3.48. The molecule has 0 aromatic heterocycles. The van der Waals surface area contributed by atoms with Crippen LogP contribution < -0.4 is 0 Å². The highest BCUT2D eigenvalue weighted by Gasteiger charge is 2.14. The van der Waals surface area contributed by atoms with Gasteiger partial charge in [-0.3, -0.25) is 0 Å². The van der Waals surface area contributed by atoms with Crippen LogP contribution in [0.15, 0.2) is 12.1 Å². The van der Waals surface area contributed by atoms with E-state index in [4.69, 9.17) is 27.9 Å². The zero-order valence-corrected chi connectivity index (χ0v) is 9.45. The Morgan fingerprint density at radius 1 is 1.36 bits per heavy atom. The van der Waals surface area contributed by atoms with Gasteiger partial charge in [-0.1, -0.05) is 29.3 Å². The van der Waals surface area contributed by atoms with E-state index in [-0.39, 0.29) is 5.02 Å². The first-order chi connectivity index (χ1) is 6.57. The quantitative estimate of drug-likeness (QED) is 0.731. The van der Waals surface area contributed by atoms with Gasteiger partial charge in [-0.15, -0.1) is 0 Å². The predicted molar refractivity (Wildman–Crippen MR) is 57.2 cm³/mol. The fourth-order valence-electron chi connectivity index (χ4n) is 1.01. The van der Waals surface area contributed by atoms with Crippen LogP contribution in [0.3, 0.4) is 0 Å². The Labute approximate surface area is 92.8 Å². The van der Waals surface area contributed by atoms with E-state index in [0.717, 1.165) is 5.56 Å². The SMILES string of the molecule is CCOC(=O)c1ccc(C)c(Cl)c1Cl. The van der Waals surface area contributed by atoms with Gasteiger partial charge in [0, 0.05) is 0 Å². The largest absolute Gasteiger partial charge is 0.462 e. The Bertz CT molecular complexity index is 361. The standard InChI is InChI=1S/C10H10Cl2O2/c1-3-14-10(13)7-5-4-6(2)8(11)9(7)12/h4-5H,3H2,1-2H3. The molecule has 0 atom stereocenters. The van der Waals surface area contributed by atoms with E-state index < -0.39 is 5.97 Å². The first-order valence-electron chi connectivity index (χ1n) is 4.19. The van der Waals surface area contributed by atoms with Crippen molar-refractivity contribution in [1.29, 1.82) is 0 Å². The van der Waals surface area contributed by atoms with E-state index in [1.807, 2.05) is 6.92 Å². The van der Waals surface area contributed by atoms with Gasteiger partial charge >= 0.3 is 5.97 Å². The summed E-state index contributed by atoms with van der Waals surface area (Å²) in [5, 5.41) is 0.655. The van der Waals surface area contributed by atoms with Gasteiger partial charge in [0.15, 0.2) is 0 Å². The van der Waals surface area contributed by atoms with Gasteiger partial charge in [0.05, 0.1) is 22.2 Å². The molecule has 0 N–H and O–H groups in total. The molecule has 1 aromatic rings. The number of hydrogen-bond donors (Lipinski definition) is 0. The molecule has 0 fully saturated rings. The number of halogens is 2. The number of rotatable bonds is 2. The fraction of sp³-hybridized carbons (Fsp3) is 0.300. The zero-order valence-electron chi connectivity index (χ0n) is 7.93. The van der Waals surface area contributed by atoms with Gasteiger partial charge in [0.1, 0.15) is 0 Å². The molecule has 0 aliphatic heterocycles. The molecule has 76 valence electrons. The average molecular weight is 233 g/mol. The van der Waals surface area contributed by atoms with Crippen molar-refractivity contribution in [2.45, 2.75) is 13.8 Å². The number of esters is 1. The van der Waals surface area contributed by atoms with Crippen molar-refractivity contribution in [3.63, 3.8) is 0 Å². The first-order valence-corrected chi connectivity index (χ1v) is 4.95. The van der Waals surface area contributed by atoms with Crippen LogP contribution in [0.5, 0.6) is 0 Å². The maximum Gasteiger partial charge on any atom is 0.339 e. The second kappa shape index (κ2) is 4.67. The smallest absolute Gasteiger partial charge is 0.339 e. The van der Waals surface area contributed by atoms with Crippen molar-refractivity contribution < 1.29 is 9.53 Å². The summed E-state index contributed by atoms with van der Waals surface area (Å²) in [5.74, 6) is -0.445. The minimum absolute atomic E-state index is 0.255. The third kappa shape index (κ3) is 2.20. The molecule has 0 heterocycles. The molecule has 4 heteroatoms. The van der Waals surface area contributed by atoms with Crippen LogP contribution in [0.4, 0.5) is 0 Å². The molecular formula is C10H10Cl2O2. The average Bonchev–Trinajstić information content (AvgIpc) is 2.15. The van der Waals surface area contributed by atoms with Crippen LogP contribution in [0.25, 0.3) is 0 Å². The Morgan fingerprint density at radius 3 is 2.57 bits per heavy atom. The number of ether oxygens (including phenoxy) is 1. The topological polar surface area (TPSA) is 26.3 Å². The zero-order chi connectivity index (χ0) is 10.7. The lowest BCUT2D eigenvalue weighted by atomic mass is 10.1. The minimum atomic E-state index is -0.445. The van der Waals surface area contributed by atoms with Crippen LogP contribution >= 0.6 is 23.2 Å². The van der Waals surface area contributed by atoms with Gasteiger partial charge in [0.25, 0.3) is 0 Å². The summed E-state index contributed by atoms with van der Waals surface area (Å²) < 4.78 is 4.82. The number of aryl methyl sites for hydroxylation is 1. The van der Waals surface area contributed by atoms with E-state index in [1.54, 1.807) is 19.1 Å². The van der Waals surface area contributed by atoms with Crippen LogP contribution in [0.2, 0.25) is 10.0 Å². The summed E-state index contributed by atoms with van der Waals surface area (Å²) >= 11 is 11.8. The van der Waals surface area contributed by atoms with Crippen LogP contribution in [-0.4, -0.2) is 12.6 Å². The lowest BCUT2D eigenvalue weighted by Gasteiger charge is -2.06. The van der Waals surface area contributed by atoms with Crippen molar-refractivity contribution in [2.75, 3.05) is 6.61 Å². The van der Waals surface area contributed by atoms with Crippen molar-refractivity contribution >= 4 is 29.2 Å². The third-order valence-corrected chi connectivity index (χ3v) is 2.75. The van der Waals surface area contributed by atoms with Crippen LogP contribution in [0.1, 0.15) is 22.8 Å².